The fourth-order valence-corrected chi connectivity index (χ4v) is 14.9. The van der Waals surface area contributed by atoms with Crippen LogP contribution < -0.4 is 19.4 Å². The monoisotopic (exact) mass is 1080 g/mol. The van der Waals surface area contributed by atoms with Gasteiger partial charge in [-0.05, 0) is 169 Å². The Kier molecular flexibility index (Phi) is 18.5. The number of allylic oxidation sites excluding steroid dienone is 8. The fourth-order valence-electron chi connectivity index (χ4n) is 12.6. The van der Waals surface area contributed by atoms with Crippen LogP contribution in [0.4, 0.5) is 0 Å². The normalized spacial score (nSPS) is 21.0. The van der Waals surface area contributed by atoms with Gasteiger partial charge < -0.3 is 39.4 Å². The van der Waals surface area contributed by atoms with E-state index in [4.69, 9.17) is 49.3 Å². The average molecular weight is 1080 g/mol. The van der Waals surface area contributed by atoms with E-state index in [2.05, 4.69) is 114 Å². The summed E-state index contributed by atoms with van der Waals surface area (Å²) in [5, 5.41) is 0. The van der Waals surface area contributed by atoms with Gasteiger partial charge in [-0.25, -0.2) is 9.97 Å². The third kappa shape index (κ3) is 12.2. The molecule has 2 unspecified atom stereocenters. The zero-order valence-electron chi connectivity index (χ0n) is 46.5. The van der Waals surface area contributed by atoms with E-state index in [1.807, 2.05) is 0 Å². The van der Waals surface area contributed by atoms with Gasteiger partial charge in [-0.15, -0.1) is 23.5 Å². The number of hydrogen-bond donors (Lipinski definition) is 0. The first-order valence-electron chi connectivity index (χ1n) is 29.0. The van der Waals surface area contributed by atoms with Crippen molar-refractivity contribution in [2.75, 3.05) is 13.2 Å². The van der Waals surface area contributed by atoms with E-state index >= 15 is 0 Å². The molecule has 0 saturated heterocycles. The largest absolute Gasteiger partial charge is 2.00 e. The molecule has 11 rings (SSSR count). The third-order valence-electron chi connectivity index (χ3n) is 16.4. The quantitative estimate of drug-likeness (QED) is 0.0332. The van der Waals surface area contributed by atoms with Crippen molar-refractivity contribution in [1.29, 1.82) is 0 Å². The molecule has 3 aromatic heterocycles. The Morgan fingerprint density at radius 1 is 0.429 bits per heavy atom. The van der Waals surface area contributed by atoms with Crippen LogP contribution in [-0.4, -0.2) is 66.2 Å². The van der Waals surface area contributed by atoms with Crippen molar-refractivity contribution in [3.63, 3.8) is 0 Å². The summed E-state index contributed by atoms with van der Waals surface area (Å²) < 4.78 is 12.8. The fraction of sp³-hybridized carbons (Fsp3) is 0.500. The van der Waals surface area contributed by atoms with Crippen molar-refractivity contribution in [1.82, 2.24) is 39.9 Å². The number of ether oxygens (including phenoxy) is 2. The van der Waals surface area contributed by atoms with Crippen molar-refractivity contribution >= 4 is 91.5 Å². The molecular weight excluding hydrogens is 1000 g/mol. The molecule has 10 nitrogen and oxygen atoms in total. The zero-order valence-corrected chi connectivity index (χ0v) is 49.5. The van der Waals surface area contributed by atoms with Gasteiger partial charge in [-0.3, -0.25) is 0 Å². The van der Waals surface area contributed by atoms with Crippen LogP contribution in [0.1, 0.15) is 177 Å². The molecule has 2 saturated carbocycles. The third-order valence-corrected chi connectivity index (χ3v) is 18.8. The van der Waals surface area contributed by atoms with Crippen molar-refractivity contribution in [2.24, 2.45) is 35.5 Å². The number of hydrogen-bond acceptors (Lipinski definition) is 10. The van der Waals surface area contributed by atoms with Crippen LogP contribution in [-0.2, 0) is 24.3 Å². The van der Waals surface area contributed by atoms with Crippen LogP contribution in [0.2, 0.25) is 0 Å². The summed E-state index contributed by atoms with van der Waals surface area (Å²) in [4.78, 5) is 45.6. The van der Waals surface area contributed by atoms with E-state index < -0.39 is 0 Å². The Morgan fingerprint density at radius 2 is 0.779 bits per heavy atom. The second-order valence-corrected chi connectivity index (χ2v) is 24.1. The van der Waals surface area contributed by atoms with E-state index in [0.29, 0.717) is 69.8 Å². The summed E-state index contributed by atoms with van der Waals surface area (Å²) in [6.45, 7) is 14.9. The molecule has 77 heavy (non-hydrogen) atoms. The molecule has 2 aliphatic heterocycles. The van der Waals surface area contributed by atoms with Crippen molar-refractivity contribution in [3.05, 3.63) is 118 Å². The summed E-state index contributed by atoms with van der Waals surface area (Å²) in [6, 6.07) is 17.4. The van der Waals surface area contributed by atoms with Crippen LogP contribution >= 0.6 is 23.5 Å². The SMILES string of the molecule is CCCC1=C(CCC)c2nc1nc1[n-]c(nc3nc(nc4[n-]c(n2)c(SCc2ccc(OCC5C[C@@H]6C=C[C@H]5C6)cc2)c4SCc2ccc(OCC4C[C@@H]5C=C[C@H]4C5)cc2)C(CCC)=C3CCC)c(CCC)c1CCC.[Mg+2]. The summed E-state index contributed by atoms with van der Waals surface area (Å²) >= 11 is 3.55. The van der Waals surface area contributed by atoms with Crippen molar-refractivity contribution < 1.29 is 9.47 Å². The maximum atomic E-state index is 6.41. The first-order valence-corrected chi connectivity index (χ1v) is 31.0. The number of aryl methyl sites for hydroxylation is 2. The van der Waals surface area contributed by atoms with Crippen LogP contribution in [0.3, 0.4) is 0 Å². The van der Waals surface area contributed by atoms with Crippen LogP contribution in [0.5, 0.6) is 11.5 Å². The number of nitrogens with zero attached hydrogens (tertiary/aromatic N) is 8. The van der Waals surface area contributed by atoms with Gasteiger partial charge in [0.1, 0.15) is 11.5 Å². The maximum Gasteiger partial charge on any atom is 2.00 e. The molecule has 5 heterocycles. The number of thioether (sulfide) groups is 2. The smallest absolute Gasteiger partial charge is 0.493 e. The first kappa shape index (κ1) is 55.6. The molecule has 6 atom stereocenters. The Hall–Kier alpha value is -4.69. The van der Waals surface area contributed by atoms with Gasteiger partial charge in [0.05, 0.1) is 36.5 Å². The molecule has 0 N–H and O–H groups in total. The maximum absolute atomic E-state index is 6.41. The summed E-state index contributed by atoms with van der Waals surface area (Å²) in [5.74, 6) is 10.1. The molecule has 0 amide bonds. The number of fused-ring (bicyclic) bond motifs is 12. The molecule has 5 aromatic rings. The Balaban J connectivity index is 0.00000672. The number of aromatic nitrogens is 8. The van der Waals surface area contributed by atoms with Crippen molar-refractivity contribution in [3.8, 4) is 11.5 Å². The van der Waals surface area contributed by atoms with Gasteiger partial charge in [0.2, 0.25) is 0 Å². The predicted octanol–water partition coefficient (Wildman–Crippen LogP) is 15.5. The van der Waals surface area contributed by atoms with Gasteiger partial charge in [0.25, 0.3) is 0 Å². The molecule has 2 fully saturated rings. The Labute approximate surface area is 481 Å². The van der Waals surface area contributed by atoms with Gasteiger partial charge >= 0.3 is 23.1 Å². The van der Waals surface area contributed by atoms with Crippen LogP contribution in [0.15, 0.2) is 82.6 Å². The van der Waals surface area contributed by atoms with Crippen LogP contribution in [0.25, 0.3) is 44.9 Å². The van der Waals surface area contributed by atoms with E-state index in [1.54, 1.807) is 23.5 Å². The molecule has 0 radical (unpaired) electrons. The Morgan fingerprint density at radius 3 is 1.10 bits per heavy atom. The minimum atomic E-state index is 0. The minimum Gasteiger partial charge on any atom is -0.493 e. The Bertz CT molecular complexity index is 2990. The van der Waals surface area contributed by atoms with E-state index in [-0.39, 0.29) is 23.1 Å². The average Bonchev–Trinajstić information content (AvgIpc) is 4.34. The standard InChI is InChI=1S/C64H76N8O2S2.Mg/c1-7-13-49-50(14-8-2)58-65-57(49)66-59-51(15-9-3)53(17-11-5)61(68-59)70-63-55(75-37-39-21-27-47(28-22-39)73-35-45-33-41-19-25-43(45)31-41)56(64(72-63)71-62-54(18-12-6)52(16-10-4)60(67-58)69-62)76-38-40-23-29-48(30-24-40)74-36-46-34-42-20-26-44(46)32-42;/h19-30,41-46H,7-18,31-38H2,1-6H3;/q-2;+2/t41-,42-,43+,44+,45?,46?;/m1./s1. The molecule has 12 bridgehead atoms. The molecule has 6 aliphatic rings. The number of benzene rings is 2. The van der Waals surface area contributed by atoms with Gasteiger partial charge in [-0.1, -0.05) is 129 Å². The molecule has 398 valence electrons. The second kappa shape index (κ2) is 25.6. The molecule has 4 aliphatic carbocycles. The van der Waals surface area contributed by atoms with Gasteiger partial charge in [-0.2, -0.15) is 0 Å². The summed E-state index contributed by atoms with van der Waals surface area (Å²) in [6.07, 6.45) is 25.5. The zero-order chi connectivity index (χ0) is 52.1. The molecule has 0 spiro atoms. The van der Waals surface area contributed by atoms with Crippen molar-refractivity contribution in [2.45, 2.75) is 166 Å². The van der Waals surface area contributed by atoms with E-state index in [9.17, 15) is 0 Å². The van der Waals surface area contributed by atoms with Gasteiger partial charge in [0.15, 0.2) is 0 Å². The summed E-state index contributed by atoms with van der Waals surface area (Å²) in [5.41, 5.74) is 12.1. The topological polar surface area (TPSA) is 124 Å². The molecule has 2 aromatic carbocycles. The van der Waals surface area contributed by atoms with E-state index in [0.717, 1.165) is 157 Å². The second-order valence-electron chi connectivity index (χ2n) is 22.1. The van der Waals surface area contributed by atoms with E-state index in [1.165, 1.54) is 47.9 Å². The van der Waals surface area contributed by atoms with Gasteiger partial charge in [0, 0.05) is 43.9 Å². The first-order chi connectivity index (χ1) is 37.3. The molecule has 13 heteroatoms. The minimum absolute atomic E-state index is 0. The van der Waals surface area contributed by atoms with Crippen LogP contribution in [0, 0.1) is 35.5 Å². The summed E-state index contributed by atoms with van der Waals surface area (Å²) in [7, 11) is 0. The molecular formula is C64H76MgN8O2S2. The predicted molar refractivity (Wildman–Crippen MR) is 318 cm³/mol. The number of rotatable bonds is 24.